The smallest absolute Gasteiger partial charge is 0.255 e. The van der Waals surface area contributed by atoms with Gasteiger partial charge in [-0.05, 0) is 99.1 Å². The zero-order chi connectivity index (χ0) is 38.9. The molecular formula is C42H45ClN8O4S. The lowest BCUT2D eigenvalue weighted by Gasteiger charge is -2.54. The van der Waals surface area contributed by atoms with Gasteiger partial charge in [-0.15, -0.1) is 21.5 Å². The molecule has 290 valence electrons. The molecule has 5 aliphatic rings. The van der Waals surface area contributed by atoms with E-state index in [9.17, 15) is 19.2 Å². The summed E-state index contributed by atoms with van der Waals surface area (Å²) in [5.41, 5.74) is 7.21. The van der Waals surface area contributed by atoms with E-state index in [-0.39, 0.29) is 36.5 Å². The van der Waals surface area contributed by atoms with E-state index in [4.69, 9.17) is 16.6 Å². The molecule has 6 heterocycles. The molecule has 2 aromatic heterocycles. The monoisotopic (exact) mass is 792 g/mol. The minimum atomic E-state index is -0.596. The first kappa shape index (κ1) is 36.9. The molecular weight excluding hydrogens is 748 g/mol. The average Bonchev–Trinajstić information content (AvgIpc) is 3.77. The number of rotatable bonds is 8. The minimum Gasteiger partial charge on any atom is -0.355 e. The van der Waals surface area contributed by atoms with E-state index in [0.29, 0.717) is 47.3 Å². The summed E-state index contributed by atoms with van der Waals surface area (Å²) in [5, 5.41) is 16.2. The highest BCUT2D eigenvalue weighted by molar-refractivity contribution is 7.15. The van der Waals surface area contributed by atoms with Gasteiger partial charge >= 0.3 is 0 Å². The van der Waals surface area contributed by atoms with Crippen molar-refractivity contribution in [3.05, 3.63) is 97.4 Å². The number of aryl methyl sites for hydroxylation is 2. The van der Waals surface area contributed by atoms with Gasteiger partial charge in [0, 0.05) is 65.7 Å². The Morgan fingerprint density at radius 3 is 2.54 bits per heavy atom. The third-order valence-electron chi connectivity index (χ3n) is 12.7. The van der Waals surface area contributed by atoms with Gasteiger partial charge in [0.1, 0.15) is 22.9 Å². The quantitative estimate of drug-likeness (QED) is 0.217. The van der Waals surface area contributed by atoms with Crippen LogP contribution < -0.4 is 10.6 Å². The summed E-state index contributed by atoms with van der Waals surface area (Å²) < 4.78 is 2.07. The number of nitrogens with one attached hydrogen (secondary N) is 2. The second-order valence-corrected chi connectivity index (χ2v) is 17.9. The van der Waals surface area contributed by atoms with Gasteiger partial charge in [0.05, 0.1) is 12.1 Å². The fourth-order valence-corrected chi connectivity index (χ4v) is 10.9. The summed E-state index contributed by atoms with van der Waals surface area (Å²) in [6.45, 7) is 10.0. The van der Waals surface area contributed by atoms with Gasteiger partial charge < -0.3 is 15.1 Å². The zero-order valence-corrected chi connectivity index (χ0v) is 33.4. The van der Waals surface area contributed by atoms with Crippen molar-refractivity contribution in [2.45, 2.75) is 90.3 Å². The van der Waals surface area contributed by atoms with Crippen LogP contribution >= 0.6 is 22.9 Å². The van der Waals surface area contributed by atoms with Crippen molar-refractivity contribution in [1.82, 2.24) is 35.2 Å². The largest absolute Gasteiger partial charge is 0.355 e. The van der Waals surface area contributed by atoms with Crippen molar-refractivity contribution in [2.24, 2.45) is 10.4 Å². The van der Waals surface area contributed by atoms with Crippen LogP contribution in [0.1, 0.15) is 112 Å². The number of thiophene rings is 1. The van der Waals surface area contributed by atoms with Crippen molar-refractivity contribution in [3.8, 4) is 5.00 Å². The van der Waals surface area contributed by atoms with Crippen molar-refractivity contribution in [2.75, 3.05) is 26.2 Å². The number of hydrogen-bond acceptors (Lipinski definition) is 9. The number of carbonyl (C=O) groups is 4. The Morgan fingerprint density at radius 1 is 1.02 bits per heavy atom. The predicted molar refractivity (Wildman–Crippen MR) is 213 cm³/mol. The van der Waals surface area contributed by atoms with Gasteiger partial charge in [0.2, 0.25) is 17.7 Å². The Hall–Kier alpha value is -4.72. The number of amides is 4. The van der Waals surface area contributed by atoms with Crippen LogP contribution in [0.15, 0.2) is 47.5 Å². The number of carbonyl (C=O) groups excluding carboxylic acids is 4. The first-order valence-electron chi connectivity index (χ1n) is 19.6. The number of aliphatic imine (C=N–C) groups is 1. The highest BCUT2D eigenvalue weighted by Gasteiger charge is 2.45. The number of fused-ring (bicyclic) bond motifs is 4. The summed E-state index contributed by atoms with van der Waals surface area (Å²) >= 11 is 7.95. The molecule has 14 heteroatoms. The maximum absolute atomic E-state index is 13.5. The Labute approximate surface area is 334 Å². The molecule has 1 saturated carbocycles. The lowest BCUT2D eigenvalue weighted by atomic mass is 9.65. The maximum Gasteiger partial charge on any atom is 0.255 e. The molecule has 4 aromatic rings. The SMILES string of the molecule is Cc1sc2c(c1C)C(c1ccc(Cl)cc1)=NC(CC(=O)NCCN1CC3(CCC(c4ccc5c(c4)CN(C4CCC(=O)NC4=O)C5=O)CC3)C1)c1nnc(C)n1-2. The average molecular weight is 793 g/mol. The van der Waals surface area contributed by atoms with E-state index < -0.39 is 12.1 Å². The lowest BCUT2D eigenvalue weighted by Crippen LogP contribution is -2.58. The summed E-state index contributed by atoms with van der Waals surface area (Å²) in [6.07, 6.45) is 5.29. The Kier molecular flexibility index (Phi) is 9.45. The number of aromatic nitrogens is 3. The van der Waals surface area contributed by atoms with Gasteiger partial charge in [-0.1, -0.05) is 35.9 Å². The summed E-state index contributed by atoms with van der Waals surface area (Å²) in [7, 11) is 0. The van der Waals surface area contributed by atoms with Crippen LogP contribution in [-0.2, 0) is 20.9 Å². The molecule has 2 N–H and O–H groups in total. The molecule has 2 aromatic carbocycles. The van der Waals surface area contributed by atoms with E-state index in [2.05, 4.69) is 56.3 Å². The Morgan fingerprint density at radius 2 is 1.79 bits per heavy atom. The third kappa shape index (κ3) is 6.56. The number of halogens is 1. The number of piperidine rings is 1. The van der Waals surface area contributed by atoms with E-state index >= 15 is 0 Å². The number of likely N-dealkylation sites (tertiary alicyclic amines) is 1. The molecule has 2 atom stereocenters. The number of nitrogens with zero attached hydrogens (tertiary/aromatic N) is 6. The van der Waals surface area contributed by atoms with Crippen LogP contribution in [0.5, 0.6) is 0 Å². The molecule has 1 spiro atoms. The van der Waals surface area contributed by atoms with Crippen molar-refractivity contribution >= 4 is 52.3 Å². The number of benzene rings is 2. The van der Waals surface area contributed by atoms with Gasteiger partial charge in [0.15, 0.2) is 5.82 Å². The molecule has 0 radical (unpaired) electrons. The standard InChI is InChI=1S/C42H45ClN8O4S/c1-23-24(2)56-41-36(23)37(27-4-7-30(43)8-5-27)45-32(38-48-47-25(3)51(38)41)19-35(53)44-16-17-49-21-42(22-49)14-12-26(13-15-42)28-6-9-31-29(18-28)20-50(40(31)55)33-10-11-34(52)46-39(33)54/h4-9,18,26,32-33H,10-17,19-22H2,1-3H3,(H,44,53)(H,46,52,54). The first-order valence-corrected chi connectivity index (χ1v) is 20.8. The molecule has 4 amide bonds. The van der Waals surface area contributed by atoms with Gasteiger partial charge in [0.25, 0.3) is 5.91 Å². The summed E-state index contributed by atoms with van der Waals surface area (Å²) in [6, 6.07) is 12.8. The van der Waals surface area contributed by atoms with Crippen molar-refractivity contribution in [1.29, 1.82) is 0 Å². The lowest BCUT2D eigenvalue weighted by molar-refractivity contribution is -0.137. The van der Waals surface area contributed by atoms with E-state index in [1.807, 2.05) is 37.3 Å². The zero-order valence-electron chi connectivity index (χ0n) is 31.9. The summed E-state index contributed by atoms with van der Waals surface area (Å²) in [4.78, 5) is 61.3. The molecule has 2 unspecified atom stereocenters. The van der Waals surface area contributed by atoms with E-state index in [0.717, 1.165) is 84.1 Å². The van der Waals surface area contributed by atoms with E-state index in [1.165, 1.54) is 10.4 Å². The Balaban J connectivity index is 0.787. The van der Waals surface area contributed by atoms with Gasteiger partial charge in [-0.3, -0.25) is 34.1 Å². The van der Waals surface area contributed by atoms with E-state index in [1.54, 1.807) is 16.2 Å². The second kappa shape index (κ2) is 14.3. The maximum atomic E-state index is 13.5. The van der Waals surface area contributed by atoms with Gasteiger partial charge in [-0.2, -0.15) is 0 Å². The molecule has 0 bridgehead atoms. The topological polar surface area (TPSA) is 142 Å². The fraction of sp³-hybridized carbons (Fsp3) is 0.452. The third-order valence-corrected chi connectivity index (χ3v) is 14.1. The normalized spacial score (nSPS) is 21.9. The van der Waals surface area contributed by atoms with Crippen LogP contribution in [-0.4, -0.2) is 86.1 Å². The predicted octanol–water partition coefficient (Wildman–Crippen LogP) is 5.73. The second-order valence-electron chi connectivity index (χ2n) is 16.3. The Bertz CT molecular complexity index is 2300. The highest BCUT2D eigenvalue weighted by atomic mass is 35.5. The van der Waals surface area contributed by atoms with Gasteiger partial charge in [-0.25, -0.2) is 0 Å². The van der Waals surface area contributed by atoms with Crippen molar-refractivity contribution < 1.29 is 19.2 Å². The molecule has 1 aliphatic carbocycles. The van der Waals surface area contributed by atoms with Crippen LogP contribution in [0.4, 0.5) is 0 Å². The fourth-order valence-electron chi connectivity index (χ4n) is 9.52. The van der Waals surface area contributed by atoms with Crippen LogP contribution in [0.25, 0.3) is 5.00 Å². The number of hydrogen-bond donors (Lipinski definition) is 2. The van der Waals surface area contributed by atoms with Crippen LogP contribution in [0, 0.1) is 26.2 Å². The van der Waals surface area contributed by atoms with Crippen LogP contribution in [0.2, 0.25) is 5.02 Å². The first-order chi connectivity index (χ1) is 27.0. The van der Waals surface area contributed by atoms with Crippen molar-refractivity contribution in [3.63, 3.8) is 0 Å². The molecule has 4 aliphatic heterocycles. The molecule has 9 rings (SSSR count). The number of imide groups is 1. The molecule has 56 heavy (non-hydrogen) atoms. The molecule has 3 fully saturated rings. The molecule has 2 saturated heterocycles. The summed E-state index contributed by atoms with van der Waals surface area (Å²) in [5.74, 6) is 1.04. The molecule has 12 nitrogen and oxygen atoms in total. The highest BCUT2D eigenvalue weighted by Crippen LogP contribution is 2.48. The minimum absolute atomic E-state index is 0.0633. The van der Waals surface area contributed by atoms with Crippen LogP contribution in [0.3, 0.4) is 0 Å².